The molecule has 6 heteroatoms. The van der Waals surface area contributed by atoms with Crippen LogP contribution in [0.1, 0.15) is 16.7 Å². The predicted molar refractivity (Wildman–Crippen MR) is 108 cm³/mol. The molecule has 0 saturated heterocycles. The van der Waals surface area contributed by atoms with Gasteiger partial charge in [0, 0.05) is 11.2 Å². The van der Waals surface area contributed by atoms with Crippen LogP contribution in [0.15, 0.2) is 60.8 Å². The summed E-state index contributed by atoms with van der Waals surface area (Å²) in [6.07, 6.45) is 1.60. The first-order chi connectivity index (χ1) is 13.4. The maximum atomic E-state index is 13.3. The molecule has 0 aliphatic rings. The van der Waals surface area contributed by atoms with E-state index >= 15 is 0 Å². The average molecular weight is 399 g/mol. The summed E-state index contributed by atoms with van der Waals surface area (Å²) < 4.78 is 19.0. The second-order valence-corrected chi connectivity index (χ2v) is 6.85. The first-order valence-corrected chi connectivity index (χ1v) is 9.17. The zero-order chi connectivity index (χ0) is 20.1. The Morgan fingerprint density at radius 3 is 2.61 bits per heavy atom. The Morgan fingerprint density at radius 1 is 1.11 bits per heavy atom. The lowest BCUT2D eigenvalue weighted by molar-refractivity contribution is -0.120. The van der Waals surface area contributed by atoms with Gasteiger partial charge in [0.1, 0.15) is 17.4 Å². The molecule has 0 saturated carbocycles. The van der Waals surface area contributed by atoms with Crippen molar-refractivity contribution in [1.29, 1.82) is 0 Å². The zero-order valence-electron chi connectivity index (χ0n) is 15.7. The Balaban J connectivity index is 1.79. The van der Waals surface area contributed by atoms with E-state index in [2.05, 4.69) is 4.98 Å². The molecular formula is C22H20ClFN2O2. The van der Waals surface area contributed by atoms with Gasteiger partial charge in [-0.05, 0) is 66.9 Å². The fourth-order valence-electron chi connectivity index (χ4n) is 2.66. The number of halogens is 2. The Hall–Kier alpha value is -2.92. The molecule has 3 rings (SSSR count). The lowest BCUT2D eigenvalue weighted by Gasteiger charge is -2.22. The molecule has 0 bridgehead atoms. The van der Waals surface area contributed by atoms with E-state index in [-0.39, 0.29) is 24.1 Å². The standard InChI is InChI=1S/C22H20ClFN2O2/c1-15-6-9-19(11-16(15)2)28-14-22(27)26(21-5-3-4-10-25-21)13-17-7-8-18(24)12-20(17)23/h3-12H,13-14H2,1-2H3. The number of hydrogen-bond donors (Lipinski definition) is 0. The van der Waals surface area contributed by atoms with Gasteiger partial charge in [-0.2, -0.15) is 0 Å². The molecule has 4 nitrogen and oxygen atoms in total. The number of rotatable bonds is 6. The van der Waals surface area contributed by atoms with Crippen LogP contribution in [0.3, 0.4) is 0 Å². The van der Waals surface area contributed by atoms with Crippen molar-refractivity contribution in [3.63, 3.8) is 0 Å². The maximum Gasteiger partial charge on any atom is 0.266 e. The SMILES string of the molecule is Cc1ccc(OCC(=O)N(Cc2ccc(F)cc2Cl)c2ccccn2)cc1C. The summed E-state index contributed by atoms with van der Waals surface area (Å²) in [6.45, 7) is 4.00. The second-order valence-electron chi connectivity index (χ2n) is 6.44. The van der Waals surface area contributed by atoms with E-state index in [0.29, 0.717) is 17.1 Å². The molecule has 3 aromatic rings. The van der Waals surface area contributed by atoms with Gasteiger partial charge in [-0.25, -0.2) is 9.37 Å². The summed E-state index contributed by atoms with van der Waals surface area (Å²) in [7, 11) is 0. The van der Waals surface area contributed by atoms with Crippen molar-refractivity contribution in [3.8, 4) is 5.75 Å². The predicted octanol–water partition coefficient (Wildman–Crippen LogP) is 5.10. The number of amides is 1. The summed E-state index contributed by atoms with van der Waals surface area (Å²) in [5.74, 6) is 0.383. The number of carbonyl (C=O) groups is 1. The Morgan fingerprint density at radius 2 is 1.93 bits per heavy atom. The van der Waals surface area contributed by atoms with Gasteiger partial charge in [0.05, 0.1) is 6.54 Å². The van der Waals surface area contributed by atoms with Gasteiger partial charge in [0.25, 0.3) is 5.91 Å². The topological polar surface area (TPSA) is 42.4 Å². The molecule has 0 N–H and O–H groups in total. The summed E-state index contributed by atoms with van der Waals surface area (Å²) in [6, 6.07) is 15.1. The molecule has 144 valence electrons. The van der Waals surface area contributed by atoms with Crippen molar-refractivity contribution >= 4 is 23.3 Å². The van der Waals surface area contributed by atoms with E-state index < -0.39 is 5.82 Å². The number of aryl methyl sites for hydroxylation is 2. The first kappa shape index (κ1) is 19.8. The van der Waals surface area contributed by atoms with E-state index in [0.717, 1.165) is 11.1 Å². The van der Waals surface area contributed by atoms with Crippen molar-refractivity contribution in [3.05, 3.63) is 88.3 Å². The third kappa shape index (κ3) is 4.87. The van der Waals surface area contributed by atoms with E-state index in [9.17, 15) is 9.18 Å². The lowest BCUT2D eigenvalue weighted by atomic mass is 10.1. The molecule has 2 aromatic carbocycles. The molecule has 1 amide bonds. The molecule has 0 fully saturated rings. The average Bonchev–Trinajstić information content (AvgIpc) is 2.69. The van der Waals surface area contributed by atoms with Crippen LogP contribution in [0.25, 0.3) is 0 Å². The highest BCUT2D eigenvalue weighted by Gasteiger charge is 2.19. The molecule has 1 heterocycles. The van der Waals surface area contributed by atoms with Crippen molar-refractivity contribution in [1.82, 2.24) is 4.98 Å². The summed E-state index contributed by atoms with van der Waals surface area (Å²) in [5.41, 5.74) is 2.86. The number of carbonyl (C=O) groups excluding carboxylic acids is 1. The van der Waals surface area contributed by atoms with E-state index in [4.69, 9.17) is 16.3 Å². The number of anilines is 1. The molecule has 28 heavy (non-hydrogen) atoms. The highest BCUT2D eigenvalue weighted by atomic mass is 35.5. The minimum atomic E-state index is -0.428. The number of benzene rings is 2. The molecule has 0 spiro atoms. The molecular weight excluding hydrogens is 379 g/mol. The van der Waals surface area contributed by atoms with E-state index in [1.165, 1.54) is 17.0 Å². The van der Waals surface area contributed by atoms with Gasteiger partial charge in [0.2, 0.25) is 0 Å². The number of nitrogens with zero attached hydrogens (tertiary/aromatic N) is 2. The van der Waals surface area contributed by atoms with Crippen molar-refractivity contribution < 1.29 is 13.9 Å². The van der Waals surface area contributed by atoms with Crippen molar-refractivity contribution in [2.24, 2.45) is 0 Å². The molecule has 0 radical (unpaired) electrons. The van der Waals surface area contributed by atoms with Crippen LogP contribution in [-0.2, 0) is 11.3 Å². The fraction of sp³-hybridized carbons (Fsp3) is 0.182. The Bertz CT molecular complexity index is 980. The normalized spacial score (nSPS) is 10.6. The molecule has 0 unspecified atom stereocenters. The third-order valence-corrected chi connectivity index (χ3v) is 4.76. The number of pyridine rings is 1. The molecule has 0 atom stereocenters. The van der Waals surface area contributed by atoms with Gasteiger partial charge >= 0.3 is 0 Å². The smallest absolute Gasteiger partial charge is 0.266 e. The van der Waals surface area contributed by atoms with E-state index in [1.54, 1.807) is 30.5 Å². The van der Waals surface area contributed by atoms with Crippen LogP contribution < -0.4 is 9.64 Å². The van der Waals surface area contributed by atoms with Crippen LogP contribution in [0.2, 0.25) is 5.02 Å². The van der Waals surface area contributed by atoms with Crippen LogP contribution >= 0.6 is 11.6 Å². The number of ether oxygens (including phenoxy) is 1. The highest BCUT2D eigenvalue weighted by molar-refractivity contribution is 6.31. The van der Waals surface area contributed by atoms with Gasteiger partial charge in [-0.1, -0.05) is 29.8 Å². The minimum Gasteiger partial charge on any atom is -0.484 e. The zero-order valence-corrected chi connectivity index (χ0v) is 16.4. The van der Waals surface area contributed by atoms with Crippen molar-refractivity contribution in [2.45, 2.75) is 20.4 Å². The monoisotopic (exact) mass is 398 g/mol. The van der Waals surface area contributed by atoms with Crippen LogP contribution in [0, 0.1) is 19.7 Å². The van der Waals surface area contributed by atoms with Crippen LogP contribution in [0.5, 0.6) is 5.75 Å². The van der Waals surface area contributed by atoms with E-state index in [1.807, 2.05) is 32.0 Å². The lowest BCUT2D eigenvalue weighted by Crippen LogP contribution is -2.35. The second kappa shape index (κ2) is 8.85. The molecule has 0 aliphatic heterocycles. The Labute approximate surface area is 168 Å². The molecule has 0 aliphatic carbocycles. The van der Waals surface area contributed by atoms with Gasteiger partial charge in [-0.15, -0.1) is 0 Å². The fourth-order valence-corrected chi connectivity index (χ4v) is 2.88. The summed E-state index contributed by atoms with van der Waals surface area (Å²) in [4.78, 5) is 18.6. The number of aromatic nitrogens is 1. The largest absolute Gasteiger partial charge is 0.484 e. The summed E-state index contributed by atoms with van der Waals surface area (Å²) in [5, 5.41) is 0.254. The quantitative estimate of drug-likeness (QED) is 0.580. The molecule has 1 aromatic heterocycles. The van der Waals surface area contributed by atoms with Gasteiger partial charge in [-0.3, -0.25) is 9.69 Å². The number of hydrogen-bond acceptors (Lipinski definition) is 3. The Kier molecular flexibility index (Phi) is 6.26. The van der Waals surface area contributed by atoms with Crippen molar-refractivity contribution in [2.75, 3.05) is 11.5 Å². The van der Waals surface area contributed by atoms with Crippen LogP contribution in [-0.4, -0.2) is 17.5 Å². The summed E-state index contributed by atoms with van der Waals surface area (Å²) >= 11 is 6.14. The highest BCUT2D eigenvalue weighted by Crippen LogP contribution is 2.22. The van der Waals surface area contributed by atoms with Gasteiger partial charge in [0.15, 0.2) is 6.61 Å². The third-order valence-electron chi connectivity index (χ3n) is 4.41. The first-order valence-electron chi connectivity index (χ1n) is 8.79. The van der Waals surface area contributed by atoms with Gasteiger partial charge < -0.3 is 4.74 Å². The minimum absolute atomic E-state index is 0.155. The maximum absolute atomic E-state index is 13.3. The van der Waals surface area contributed by atoms with Crippen LogP contribution in [0.4, 0.5) is 10.2 Å².